The summed E-state index contributed by atoms with van der Waals surface area (Å²) in [6, 6.07) is 1.39. The van der Waals surface area contributed by atoms with Gasteiger partial charge in [0.2, 0.25) is 0 Å². The molecule has 1 aromatic rings. The van der Waals surface area contributed by atoms with Crippen LogP contribution in [0.4, 0.5) is 15.8 Å². The van der Waals surface area contributed by atoms with Crippen molar-refractivity contribution in [1.29, 1.82) is 0 Å². The first kappa shape index (κ1) is 11.3. The molecular formula is C10H12ClFN2O2. The molecule has 0 aromatic heterocycles. The second kappa shape index (κ2) is 4.35. The predicted molar refractivity (Wildman–Crippen MR) is 60.1 cm³/mol. The average molecular weight is 247 g/mol. The Bertz CT molecular complexity index is 408. The highest BCUT2D eigenvalue weighted by Gasteiger charge is 2.22. The van der Waals surface area contributed by atoms with E-state index in [-0.39, 0.29) is 28.3 Å². The molecule has 1 heterocycles. The lowest BCUT2D eigenvalue weighted by Crippen LogP contribution is -2.17. The van der Waals surface area contributed by atoms with E-state index < -0.39 is 5.82 Å². The summed E-state index contributed by atoms with van der Waals surface area (Å²) in [5.41, 5.74) is 11.3. The second-order valence-electron chi connectivity index (χ2n) is 3.62. The Balaban J connectivity index is 2.28. The van der Waals surface area contributed by atoms with Crippen LogP contribution in [0.15, 0.2) is 6.07 Å². The number of halogens is 2. The Morgan fingerprint density at radius 1 is 1.44 bits per heavy atom. The van der Waals surface area contributed by atoms with Crippen molar-refractivity contribution >= 4 is 23.0 Å². The van der Waals surface area contributed by atoms with Crippen molar-refractivity contribution in [3.05, 3.63) is 16.9 Å². The summed E-state index contributed by atoms with van der Waals surface area (Å²) >= 11 is 5.67. The van der Waals surface area contributed by atoms with Gasteiger partial charge in [-0.1, -0.05) is 11.6 Å². The Hall–Kier alpha value is -1.20. The number of rotatable bonds is 2. The summed E-state index contributed by atoms with van der Waals surface area (Å²) in [5.74, 6) is -0.763. The van der Waals surface area contributed by atoms with Crippen LogP contribution < -0.4 is 16.2 Å². The van der Waals surface area contributed by atoms with Crippen LogP contribution in [-0.4, -0.2) is 19.3 Å². The zero-order valence-corrected chi connectivity index (χ0v) is 9.26. The molecule has 4 N–H and O–H groups in total. The van der Waals surface area contributed by atoms with Gasteiger partial charge in [0.05, 0.1) is 24.6 Å². The van der Waals surface area contributed by atoms with Crippen LogP contribution in [0, 0.1) is 5.82 Å². The van der Waals surface area contributed by atoms with Crippen molar-refractivity contribution in [2.45, 2.75) is 12.5 Å². The van der Waals surface area contributed by atoms with Gasteiger partial charge >= 0.3 is 0 Å². The van der Waals surface area contributed by atoms with Crippen LogP contribution in [0.25, 0.3) is 0 Å². The standard InChI is InChI=1S/C10H12ClFN2O2/c11-8-6(13)3-7(14)10(9(8)12)16-5-1-2-15-4-5/h3,5H,1-2,4,13-14H2. The van der Waals surface area contributed by atoms with Crippen molar-refractivity contribution in [2.24, 2.45) is 0 Å². The number of benzene rings is 1. The molecule has 1 atom stereocenters. The third-order valence-electron chi connectivity index (χ3n) is 2.39. The first-order valence-corrected chi connectivity index (χ1v) is 5.24. The lowest BCUT2D eigenvalue weighted by atomic mass is 10.2. The van der Waals surface area contributed by atoms with Gasteiger partial charge in [0.1, 0.15) is 11.1 Å². The molecular weight excluding hydrogens is 235 g/mol. The van der Waals surface area contributed by atoms with E-state index in [4.69, 9.17) is 32.5 Å². The second-order valence-corrected chi connectivity index (χ2v) is 3.99. The molecule has 0 amide bonds. The SMILES string of the molecule is Nc1cc(N)c(OC2CCOC2)c(F)c1Cl. The highest BCUT2D eigenvalue weighted by molar-refractivity contribution is 6.33. The molecule has 1 aromatic carbocycles. The van der Waals surface area contributed by atoms with E-state index in [1.165, 1.54) is 6.07 Å². The molecule has 4 nitrogen and oxygen atoms in total. The summed E-state index contributed by atoms with van der Waals surface area (Å²) in [6.07, 6.45) is 0.525. The fourth-order valence-electron chi connectivity index (χ4n) is 1.54. The van der Waals surface area contributed by atoms with Gasteiger partial charge in [-0.2, -0.15) is 0 Å². The highest BCUT2D eigenvalue weighted by Crippen LogP contribution is 2.36. The Labute approximate surface area is 97.3 Å². The predicted octanol–water partition coefficient (Wildman–Crippen LogP) is 1.81. The van der Waals surface area contributed by atoms with E-state index in [2.05, 4.69) is 0 Å². The van der Waals surface area contributed by atoms with Gasteiger partial charge in [-0.3, -0.25) is 0 Å². The third kappa shape index (κ3) is 2.01. The van der Waals surface area contributed by atoms with E-state index in [1.807, 2.05) is 0 Å². The normalized spacial score (nSPS) is 20.0. The van der Waals surface area contributed by atoms with E-state index in [0.717, 1.165) is 0 Å². The maximum atomic E-state index is 13.7. The molecule has 1 aliphatic heterocycles. The van der Waals surface area contributed by atoms with Gasteiger partial charge in [0.25, 0.3) is 0 Å². The van der Waals surface area contributed by atoms with Crippen LogP contribution in [-0.2, 0) is 4.74 Å². The smallest absolute Gasteiger partial charge is 0.187 e. The summed E-state index contributed by atoms with van der Waals surface area (Å²) in [4.78, 5) is 0. The number of hydrogen-bond acceptors (Lipinski definition) is 4. The number of nitrogens with two attached hydrogens (primary N) is 2. The van der Waals surface area contributed by atoms with Crippen molar-refractivity contribution in [1.82, 2.24) is 0 Å². The number of anilines is 2. The first-order valence-electron chi connectivity index (χ1n) is 4.87. The maximum absolute atomic E-state index is 13.7. The fraction of sp³-hybridized carbons (Fsp3) is 0.400. The van der Waals surface area contributed by atoms with Gasteiger partial charge in [0, 0.05) is 6.42 Å². The van der Waals surface area contributed by atoms with Crippen molar-refractivity contribution in [3.8, 4) is 5.75 Å². The summed E-state index contributed by atoms with van der Waals surface area (Å²) in [5, 5.41) is -0.164. The quantitative estimate of drug-likeness (QED) is 0.781. The molecule has 1 unspecified atom stereocenters. The van der Waals surface area contributed by atoms with Crippen LogP contribution in [0.5, 0.6) is 5.75 Å². The zero-order chi connectivity index (χ0) is 11.7. The summed E-state index contributed by atoms with van der Waals surface area (Å²) in [7, 11) is 0. The van der Waals surface area contributed by atoms with Crippen LogP contribution in [0.1, 0.15) is 6.42 Å². The fourth-order valence-corrected chi connectivity index (χ4v) is 1.68. The minimum absolute atomic E-state index is 0.0466. The molecule has 16 heavy (non-hydrogen) atoms. The summed E-state index contributed by atoms with van der Waals surface area (Å²) < 4.78 is 24.2. The number of hydrogen-bond donors (Lipinski definition) is 2. The minimum Gasteiger partial charge on any atom is -0.483 e. The Morgan fingerprint density at radius 2 is 2.19 bits per heavy atom. The van der Waals surface area contributed by atoms with E-state index in [9.17, 15) is 4.39 Å². The van der Waals surface area contributed by atoms with Crippen LogP contribution in [0.2, 0.25) is 5.02 Å². The van der Waals surface area contributed by atoms with Crippen molar-refractivity contribution in [2.75, 3.05) is 24.7 Å². The molecule has 0 radical (unpaired) electrons. The zero-order valence-electron chi connectivity index (χ0n) is 8.50. The molecule has 0 aliphatic carbocycles. The minimum atomic E-state index is -0.717. The Morgan fingerprint density at radius 3 is 2.81 bits per heavy atom. The van der Waals surface area contributed by atoms with E-state index in [0.29, 0.717) is 19.6 Å². The molecule has 1 aliphatic rings. The molecule has 6 heteroatoms. The number of nitrogen functional groups attached to an aromatic ring is 2. The van der Waals surface area contributed by atoms with E-state index >= 15 is 0 Å². The Kier molecular flexibility index (Phi) is 3.07. The maximum Gasteiger partial charge on any atom is 0.187 e. The van der Waals surface area contributed by atoms with Crippen LogP contribution >= 0.6 is 11.6 Å². The van der Waals surface area contributed by atoms with Gasteiger partial charge in [-0.15, -0.1) is 0 Å². The van der Waals surface area contributed by atoms with Gasteiger partial charge in [0.15, 0.2) is 11.6 Å². The molecule has 1 fully saturated rings. The molecule has 0 spiro atoms. The van der Waals surface area contributed by atoms with E-state index in [1.54, 1.807) is 0 Å². The molecule has 2 rings (SSSR count). The highest BCUT2D eigenvalue weighted by atomic mass is 35.5. The lowest BCUT2D eigenvalue weighted by Gasteiger charge is -2.15. The largest absolute Gasteiger partial charge is 0.483 e. The molecule has 88 valence electrons. The third-order valence-corrected chi connectivity index (χ3v) is 2.78. The lowest BCUT2D eigenvalue weighted by molar-refractivity contribution is 0.139. The van der Waals surface area contributed by atoms with Gasteiger partial charge in [-0.05, 0) is 6.07 Å². The van der Waals surface area contributed by atoms with Gasteiger partial charge in [-0.25, -0.2) is 4.39 Å². The van der Waals surface area contributed by atoms with Crippen LogP contribution in [0.3, 0.4) is 0 Å². The molecule has 0 bridgehead atoms. The monoisotopic (exact) mass is 246 g/mol. The number of ether oxygens (including phenoxy) is 2. The first-order chi connectivity index (χ1) is 7.59. The van der Waals surface area contributed by atoms with Gasteiger partial charge < -0.3 is 20.9 Å². The summed E-state index contributed by atoms with van der Waals surface area (Å²) in [6.45, 7) is 1.04. The molecule has 0 saturated carbocycles. The van der Waals surface area contributed by atoms with Crippen molar-refractivity contribution in [3.63, 3.8) is 0 Å². The topological polar surface area (TPSA) is 70.5 Å². The average Bonchev–Trinajstić information content (AvgIpc) is 2.74. The van der Waals surface area contributed by atoms with Crippen molar-refractivity contribution < 1.29 is 13.9 Å². The molecule has 1 saturated heterocycles.